The van der Waals surface area contributed by atoms with Crippen LogP contribution in [0.2, 0.25) is 0 Å². The van der Waals surface area contributed by atoms with E-state index in [9.17, 15) is 14.7 Å². The topological polar surface area (TPSA) is 92.6 Å². The number of ketones is 1. The van der Waals surface area contributed by atoms with Gasteiger partial charge in [-0.05, 0) is 41.8 Å². The van der Waals surface area contributed by atoms with Crippen molar-refractivity contribution in [1.82, 2.24) is 14.9 Å². The minimum atomic E-state index is -0.774. The third-order valence-corrected chi connectivity index (χ3v) is 5.20. The van der Waals surface area contributed by atoms with Crippen LogP contribution in [0.1, 0.15) is 36.1 Å². The molecule has 3 heterocycles. The van der Waals surface area contributed by atoms with Crippen molar-refractivity contribution in [2.75, 3.05) is 6.61 Å². The molecule has 162 valence electrons. The molecule has 0 aliphatic carbocycles. The molecule has 2 aromatic heterocycles. The first kappa shape index (κ1) is 21.2. The molecule has 4 rings (SSSR count). The maximum absolute atomic E-state index is 13.1. The largest absolute Gasteiger partial charge is 0.507 e. The van der Waals surface area contributed by atoms with Gasteiger partial charge in [0.1, 0.15) is 11.5 Å². The number of amides is 1. The van der Waals surface area contributed by atoms with Gasteiger partial charge in [0.2, 0.25) is 0 Å². The van der Waals surface area contributed by atoms with Crippen molar-refractivity contribution in [3.63, 3.8) is 0 Å². The van der Waals surface area contributed by atoms with Crippen LogP contribution in [-0.4, -0.2) is 38.3 Å². The molecule has 1 aliphatic heterocycles. The Hall–Kier alpha value is -4.00. The fourth-order valence-electron chi connectivity index (χ4n) is 3.72. The fraction of sp³-hybridized carbons (Fsp3) is 0.200. The van der Waals surface area contributed by atoms with Gasteiger partial charge in [-0.25, -0.2) is 0 Å². The number of aliphatic hydroxyl groups is 1. The standard InChI is InChI=1S/C25H23N3O4/c1-2-12-32-20-9-3-7-18(13-20)23(29)21-22(19-8-5-11-27-15-19)28(25(31)24(21)30)16-17-6-4-10-26-14-17/h3-11,13-15,22,29H,2,12,16H2,1H3/b23-21+. The van der Waals surface area contributed by atoms with E-state index >= 15 is 0 Å². The smallest absolute Gasteiger partial charge is 0.295 e. The highest BCUT2D eigenvalue weighted by molar-refractivity contribution is 6.46. The molecule has 7 heteroatoms. The maximum Gasteiger partial charge on any atom is 0.295 e. The van der Waals surface area contributed by atoms with Crippen molar-refractivity contribution in [3.8, 4) is 5.75 Å². The molecular weight excluding hydrogens is 406 g/mol. The summed E-state index contributed by atoms with van der Waals surface area (Å²) in [4.78, 5) is 35.8. The third kappa shape index (κ3) is 4.23. The van der Waals surface area contributed by atoms with Crippen LogP contribution in [0.5, 0.6) is 5.75 Å². The van der Waals surface area contributed by atoms with Gasteiger partial charge in [-0.15, -0.1) is 0 Å². The predicted molar refractivity (Wildman–Crippen MR) is 119 cm³/mol. The average molecular weight is 429 g/mol. The molecule has 7 nitrogen and oxygen atoms in total. The minimum Gasteiger partial charge on any atom is -0.507 e. The number of hydrogen-bond donors (Lipinski definition) is 1. The maximum atomic E-state index is 13.1. The highest BCUT2D eigenvalue weighted by Gasteiger charge is 2.46. The zero-order valence-electron chi connectivity index (χ0n) is 17.6. The number of rotatable bonds is 7. The average Bonchev–Trinajstić information content (AvgIpc) is 3.08. The van der Waals surface area contributed by atoms with Gasteiger partial charge in [0.05, 0.1) is 18.2 Å². The van der Waals surface area contributed by atoms with Crippen molar-refractivity contribution in [1.29, 1.82) is 0 Å². The number of pyridine rings is 2. The first-order valence-electron chi connectivity index (χ1n) is 10.4. The number of nitrogens with zero attached hydrogens (tertiary/aromatic N) is 3. The van der Waals surface area contributed by atoms with Gasteiger partial charge in [-0.3, -0.25) is 19.6 Å². The van der Waals surface area contributed by atoms with Gasteiger partial charge in [-0.1, -0.05) is 31.2 Å². The van der Waals surface area contributed by atoms with Gasteiger partial charge in [0, 0.05) is 36.9 Å². The quantitative estimate of drug-likeness (QED) is 0.348. The second-order valence-electron chi connectivity index (χ2n) is 7.45. The molecule has 3 aromatic rings. The van der Waals surface area contributed by atoms with Crippen LogP contribution in [0.4, 0.5) is 0 Å². The number of aliphatic hydroxyl groups excluding tert-OH is 1. The van der Waals surface area contributed by atoms with E-state index < -0.39 is 17.7 Å². The molecule has 0 bridgehead atoms. The van der Waals surface area contributed by atoms with Crippen LogP contribution >= 0.6 is 0 Å². The Bertz CT molecular complexity index is 1150. The molecule has 32 heavy (non-hydrogen) atoms. The monoisotopic (exact) mass is 429 g/mol. The van der Waals surface area contributed by atoms with E-state index in [1.807, 2.05) is 13.0 Å². The van der Waals surface area contributed by atoms with Crippen LogP contribution in [0.3, 0.4) is 0 Å². The number of ether oxygens (including phenoxy) is 1. The summed E-state index contributed by atoms with van der Waals surface area (Å²) in [6.07, 6.45) is 7.35. The van der Waals surface area contributed by atoms with Gasteiger partial charge < -0.3 is 14.7 Å². The molecule has 1 saturated heterocycles. The second-order valence-corrected chi connectivity index (χ2v) is 7.45. The zero-order chi connectivity index (χ0) is 22.5. The number of aromatic nitrogens is 2. The molecule has 0 radical (unpaired) electrons. The van der Waals surface area contributed by atoms with Gasteiger partial charge in [0.25, 0.3) is 11.7 Å². The van der Waals surface area contributed by atoms with Crippen molar-refractivity contribution in [2.24, 2.45) is 0 Å². The van der Waals surface area contributed by atoms with Crippen molar-refractivity contribution in [2.45, 2.75) is 25.9 Å². The minimum absolute atomic E-state index is 0.0273. The number of benzene rings is 1. The Morgan fingerprint density at radius 3 is 2.53 bits per heavy atom. The Balaban J connectivity index is 1.80. The van der Waals surface area contributed by atoms with Crippen LogP contribution in [0.15, 0.2) is 78.9 Å². The van der Waals surface area contributed by atoms with Crippen molar-refractivity contribution >= 4 is 17.4 Å². The van der Waals surface area contributed by atoms with E-state index in [0.717, 1.165) is 12.0 Å². The molecular formula is C25H23N3O4. The molecule has 1 N–H and O–H groups in total. The normalized spacial score (nSPS) is 17.5. The summed E-state index contributed by atoms with van der Waals surface area (Å²) < 4.78 is 5.66. The number of carbonyl (C=O) groups excluding carboxylic acids is 2. The summed E-state index contributed by atoms with van der Waals surface area (Å²) >= 11 is 0. The molecule has 1 unspecified atom stereocenters. The van der Waals surface area contributed by atoms with Crippen LogP contribution in [-0.2, 0) is 16.1 Å². The third-order valence-electron chi connectivity index (χ3n) is 5.20. The first-order valence-corrected chi connectivity index (χ1v) is 10.4. The summed E-state index contributed by atoms with van der Waals surface area (Å²) in [5.74, 6) is -1.07. The molecule has 1 amide bonds. The lowest BCUT2D eigenvalue weighted by molar-refractivity contribution is -0.140. The van der Waals surface area contributed by atoms with E-state index in [4.69, 9.17) is 4.74 Å². The lowest BCUT2D eigenvalue weighted by Gasteiger charge is -2.25. The zero-order valence-corrected chi connectivity index (χ0v) is 17.6. The van der Waals surface area contributed by atoms with E-state index in [1.54, 1.807) is 67.3 Å². The lowest BCUT2D eigenvalue weighted by atomic mass is 9.96. The van der Waals surface area contributed by atoms with Gasteiger partial charge in [0.15, 0.2) is 0 Å². The van der Waals surface area contributed by atoms with E-state index in [0.29, 0.717) is 23.5 Å². The van der Waals surface area contributed by atoms with E-state index in [2.05, 4.69) is 9.97 Å². The number of Topliss-reactive ketones (excluding diaryl/α,β-unsaturated/α-hetero) is 1. The van der Waals surface area contributed by atoms with Crippen molar-refractivity contribution in [3.05, 3.63) is 95.6 Å². The fourth-order valence-corrected chi connectivity index (χ4v) is 3.72. The highest BCUT2D eigenvalue weighted by Crippen LogP contribution is 2.40. The molecule has 0 saturated carbocycles. The molecule has 1 aromatic carbocycles. The summed E-state index contributed by atoms with van der Waals surface area (Å²) in [6, 6.07) is 13.2. The molecule has 1 fully saturated rings. The van der Waals surface area contributed by atoms with Gasteiger partial charge >= 0.3 is 0 Å². The Kier molecular flexibility index (Phi) is 6.26. The predicted octanol–water partition coefficient (Wildman–Crippen LogP) is 3.89. The second kappa shape index (κ2) is 9.43. The Morgan fingerprint density at radius 1 is 1.06 bits per heavy atom. The van der Waals surface area contributed by atoms with E-state index in [1.165, 1.54) is 4.90 Å². The van der Waals surface area contributed by atoms with Gasteiger partial charge in [-0.2, -0.15) is 0 Å². The number of carbonyl (C=O) groups is 2. The Labute approximate surface area is 186 Å². The summed E-state index contributed by atoms with van der Waals surface area (Å²) in [5.41, 5.74) is 1.85. The van der Waals surface area contributed by atoms with Crippen LogP contribution in [0, 0.1) is 0 Å². The van der Waals surface area contributed by atoms with E-state index in [-0.39, 0.29) is 17.9 Å². The first-order chi connectivity index (χ1) is 15.6. The molecule has 1 atom stereocenters. The molecule has 0 spiro atoms. The lowest BCUT2D eigenvalue weighted by Crippen LogP contribution is -2.29. The van der Waals surface area contributed by atoms with Crippen LogP contribution in [0.25, 0.3) is 5.76 Å². The van der Waals surface area contributed by atoms with Crippen molar-refractivity contribution < 1.29 is 19.4 Å². The summed E-state index contributed by atoms with van der Waals surface area (Å²) in [7, 11) is 0. The molecule has 1 aliphatic rings. The highest BCUT2D eigenvalue weighted by atomic mass is 16.5. The van der Waals surface area contributed by atoms with Crippen LogP contribution < -0.4 is 4.74 Å². The SMILES string of the molecule is CCCOc1cccc(/C(O)=C2\C(=O)C(=O)N(Cc3cccnc3)C2c2cccnc2)c1. The summed E-state index contributed by atoms with van der Waals surface area (Å²) in [6.45, 7) is 2.71. The Morgan fingerprint density at radius 2 is 1.84 bits per heavy atom. The number of likely N-dealkylation sites (tertiary alicyclic amines) is 1. The number of hydrogen-bond acceptors (Lipinski definition) is 6. The summed E-state index contributed by atoms with van der Waals surface area (Å²) in [5, 5.41) is 11.2.